The number of carbonyl (C=O) groups is 1. The van der Waals surface area contributed by atoms with Gasteiger partial charge in [-0.1, -0.05) is 6.92 Å². The summed E-state index contributed by atoms with van der Waals surface area (Å²) in [5.74, 6) is 0.136. The van der Waals surface area contributed by atoms with E-state index in [-0.39, 0.29) is 24.6 Å². The van der Waals surface area contributed by atoms with E-state index in [0.717, 1.165) is 19.5 Å². The summed E-state index contributed by atoms with van der Waals surface area (Å²) >= 11 is 0. The van der Waals surface area contributed by atoms with Crippen LogP contribution in [0.3, 0.4) is 0 Å². The topological polar surface area (TPSA) is 61.8 Å². The number of carbonyl (C=O) groups excluding carboxylic acids is 1. The SMILES string of the molecule is CCNC1CCN(C(CCO)COC)C1=O. The van der Waals surface area contributed by atoms with Gasteiger partial charge >= 0.3 is 0 Å². The molecule has 2 unspecified atom stereocenters. The molecule has 1 aliphatic heterocycles. The average Bonchev–Trinajstić information content (AvgIpc) is 2.61. The Bertz CT molecular complexity index is 217. The van der Waals surface area contributed by atoms with Crippen LogP contribution in [-0.4, -0.2) is 61.4 Å². The predicted octanol–water partition coefficient (Wildman–Crippen LogP) is -0.406. The summed E-state index contributed by atoms with van der Waals surface area (Å²) in [6.07, 6.45) is 1.43. The Morgan fingerprint density at radius 1 is 1.69 bits per heavy atom. The third kappa shape index (κ3) is 3.17. The first-order chi connectivity index (χ1) is 7.74. The van der Waals surface area contributed by atoms with E-state index in [1.807, 2.05) is 11.8 Å². The quantitative estimate of drug-likeness (QED) is 0.624. The van der Waals surface area contributed by atoms with Crippen LogP contribution in [0.1, 0.15) is 19.8 Å². The average molecular weight is 230 g/mol. The number of nitrogens with zero attached hydrogens (tertiary/aromatic N) is 1. The Morgan fingerprint density at radius 3 is 3.00 bits per heavy atom. The lowest BCUT2D eigenvalue weighted by Gasteiger charge is -2.27. The van der Waals surface area contributed by atoms with Gasteiger partial charge in [0.25, 0.3) is 0 Å². The van der Waals surface area contributed by atoms with Crippen molar-refractivity contribution in [3.8, 4) is 0 Å². The Kier molecular flexibility index (Phi) is 5.73. The van der Waals surface area contributed by atoms with E-state index in [1.165, 1.54) is 0 Å². The summed E-state index contributed by atoms with van der Waals surface area (Å²) in [6.45, 7) is 4.13. The molecule has 16 heavy (non-hydrogen) atoms. The number of nitrogens with one attached hydrogen (secondary N) is 1. The predicted molar refractivity (Wildman–Crippen MR) is 61.2 cm³/mol. The van der Waals surface area contributed by atoms with E-state index in [2.05, 4.69) is 5.32 Å². The number of hydrogen-bond donors (Lipinski definition) is 2. The first-order valence-corrected chi connectivity index (χ1v) is 5.88. The third-order valence-corrected chi connectivity index (χ3v) is 2.95. The van der Waals surface area contributed by atoms with Crippen LogP contribution < -0.4 is 5.32 Å². The minimum absolute atomic E-state index is 0.00570. The summed E-state index contributed by atoms with van der Waals surface area (Å²) < 4.78 is 5.09. The van der Waals surface area contributed by atoms with Crippen molar-refractivity contribution in [1.29, 1.82) is 0 Å². The van der Waals surface area contributed by atoms with Crippen molar-refractivity contribution in [1.82, 2.24) is 10.2 Å². The molecule has 1 rings (SSSR count). The smallest absolute Gasteiger partial charge is 0.240 e. The van der Waals surface area contributed by atoms with Gasteiger partial charge in [0.15, 0.2) is 0 Å². The zero-order valence-electron chi connectivity index (χ0n) is 10.1. The lowest BCUT2D eigenvalue weighted by atomic mass is 10.2. The highest BCUT2D eigenvalue weighted by atomic mass is 16.5. The maximum Gasteiger partial charge on any atom is 0.240 e. The number of aliphatic hydroxyl groups excluding tert-OH is 1. The summed E-state index contributed by atoms with van der Waals surface area (Å²) in [4.78, 5) is 13.8. The van der Waals surface area contributed by atoms with Gasteiger partial charge in [-0.2, -0.15) is 0 Å². The van der Waals surface area contributed by atoms with Crippen molar-refractivity contribution in [2.45, 2.75) is 31.8 Å². The molecule has 0 spiro atoms. The highest BCUT2D eigenvalue weighted by Crippen LogP contribution is 2.16. The normalized spacial score (nSPS) is 22.8. The van der Waals surface area contributed by atoms with Crippen molar-refractivity contribution in [3.05, 3.63) is 0 Å². The fourth-order valence-electron chi connectivity index (χ4n) is 2.17. The van der Waals surface area contributed by atoms with Crippen molar-refractivity contribution in [2.24, 2.45) is 0 Å². The molecule has 0 bridgehead atoms. The number of aliphatic hydroxyl groups is 1. The second-order valence-electron chi connectivity index (χ2n) is 4.05. The Morgan fingerprint density at radius 2 is 2.44 bits per heavy atom. The molecule has 2 N–H and O–H groups in total. The van der Waals surface area contributed by atoms with E-state index < -0.39 is 0 Å². The molecule has 2 atom stereocenters. The molecule has 5 nitrogen and oxygen atoms in total. The molecule has 94 valence electrons. The summed E-state index contributed by atoms with van der Waals surface area (Å²) in [7, 11) is 1.62. The molecule has 0 radical (unpaired) electrons. The van der Waals surface area contributed by atoms with Gasteiger partial charge < -0.3 is 20.1 Å². The second kappa shape index (κ2) is 6.83. The van der Waals surface area contributed by atoms with E-state index in [0.29, 0.717) is 13.0 Å². The van der Waals surface area contributed by atoms with E-state index in [9.17, 15) is 4.79 Å². The Hall–Kier alpha value is -0.650. The van der Waals surface area contributed by atoms with Crippen LogP contribution in [0.25, 0.3) is 0 Å². The van der Waals surface area contributed by atoms with Crippen molar-refractivity contribution in [2.75, 3.05) is 33.4 Å². The van der Waals surface area contributed by atoms with E-state index in [4.69, 9.17) is 9.84 Å². The second-order valence-corrected chi connectivity index (χ2v) is 4.05. The molecule has 0 saturated carbocycles. The minimum atomic E-state index is -0.0527. The fraction of sp³-hybridized carbons (Fsp3) is 0.909. The number of amides is 1. The molecule has 0 aromatic rings. The van der Waals surface area contributed by atoms with Crippen LogP contribution in [0, 0.1) is 0 Å². The maximum absolute atomic E-state index is 12.0. The van der Waals surface area contributed by atoms with Gasteiger partial charge in [0, 0.05) is 20.3 Å². The minimum Gasteiger partial charge on any atom is -0.396 e. The monoisotopic (exact) mass is 230 g/mol. The zero-order valence-corrected chi connectivity index (χ0v) is 10.1. The van der Waals surface area contributed by atoms with Gasteiger partial charge in [-0.3, -0.25) is 4.79 Å². The lowest BCUT2D eigenvalue weighted by Crippen LogP contribution is -2.44. The van der Waals surface area contributed by atoms with Crippen molar-refractivity contribution >= 4 is 5.91 Å². The largest absolute Gasteiger partial charge is 0.396 e. The molecular weight excluding hydrogens is 208 g/mol. The van der Waals surface area contributed by atoms with Gasteiger partial charge in [0.05, 0.1) is 18.7 Å². The molecule has 5 heteroatoms. The summed E-state index contributed by atoms with van der Waals surface area (Å²) in [6, 6.07) is -0.0470. The number of rotatable bonds is 7. The molecule has 1 saturated heterocycles. The number of hydrogen-bond acceptors (Lipinski definition) is 4. The van der Waals surface area contributed by atoms with Crippen LogP contribution >= 0.6 is 0 Å². The van der Waals surface area contributed by atoms with Gasteiger partial charge in [-0.15, -0.1) is 0 Å². The van der Waals surface area contributed by atoms with Crippen LogP contribution in [0.15, 0.2) is 0 Å². The van der Waals surface area contributed by atoms with Crippen molar-refractivity contribution < 1.29 is 14.6 Å². The standard InChI is InChI=1S/C11H22N2O3/c1-3-12-10-4-6-13(11(10)15)9(5-7-14)8-16-2/h9-10,12,14H,3-8H2,1-2H3. The van der Waals surface area contributed by atoms with Crippen LogP contribution in [0.5, 0.6) is 0 Å². The molecule has 1 heterocycles. The van der Waals surface area contributed by atoms with Crippen molar-refractivity contribution in [3.63, 3.8) is 0 Å². The zero-order chi connectivity index (χ0) is 12.0. The molecule has 1 fully saturated rings. The summed E-state index contributed by atoms with van der Waals surface area (Å²) in [5, 5.41) is 12.1. The summed E-state index contributed by atoms with van der Waals surface area (Å²) in [5.41, 5.74) is 0. The van der Waals surface area contributed by atoms with Gasteiger partial charge in [0.2, 0.25) is 5.91 Å². The van der Waals surface area contributed by atoms with Gasteiger partial charge in [-0.25, -0.2) is 0 Å². The number of methoxy groups -OCH3 is 1. The van der Waals surface area contributed by atoms with Crippen LogP contribution in [0.4, 0.5) is 0 Å². The highest BCUT2D eigenvalue weighted by Gasteiger charge is 2.34. The molecule has 0 aliphatic carbocycles. The third-order valence-electron chi connectivity index (χ3n) is 2.95. The number of likely N-dealkylation sites (tertiary alicyclic amines) is 1. The lowest BCUT2D eigenvalue weighted by molar-refractivity contribution is -0.132. The number of ether oxygens (including phenoxy) is 1. The number of likely N-dealkylation sites (N-methyl/N-ethyl adjacent to an activating group) is 1. The van der Waals surface area contributed by atoms with Gasteiger partial charge in [0.1, 0.15) is 0 Å². The van der Waals surface area contributed by atoms with E-state index in [1.54, 1.807) is 7.11 Å². The fourth-order valence-corrected chi connectivity index (χ4v) is 2.17. The van der Waals surface area contributed by atoms with Crippen LogP contribution in [0.2, 0.25) is 0 Å². The molecule has 1 amide bonds. The van der Waals surface area contributed by atoms with E-state index >= 15 is 0 Å². The first-order valence-electron chi connectivity index (χ1n) is 5.88. The van der Waals surface area contributed by atoms with Gasteiger partial charge in [-0.05, 0) is 19.4 Å². The van der Waals surface area contributed by atoms with Crippen LogP contribution in [-0.2, 0) is 9.53 Å². The molecule has 1 aliphatic rings. The highest BCUT2D eigenvalue weighted by molar-refractivity contribution is 5.84. The molecular formula is C11H22N2O3. The molecule has 0 aromatic carbocycles. The first kappa shape index (κ1) is 13.4. The molecule has 0 aromatic heterocycles. The Labute approximate surface area is 96.8 Å². The Balaban J connectivity index is 2.54. The maximum atomic E-state index is 12.0.